The number of amides is 2. The number of carbonyl (C=O) groups excluding carboxylic acids is 2. The van der Waals surface area contributed by atoms with Gasteiger partial charge in [0.25, 0.3) is 5.91 Å². The second kappa shape index (κ2) is 8.43. The Morgan fingerprint density at radius 3 is 2.31 bits per heavy atom. The van der Waals surface area contributed by atoms with Gasteiger partial charge in [-0.1, -0.05) is 18.2 Å². The SMILES string of the molecule is O=C(CNC(=O)c1ccc(Oc2ccccc2)cc1)Nc1cccnc1. The minimum absolute atomic E-state index is 0.129. The first-order valence-corrected chi connectivity index (χ1v) is 8.02. The summed E-state index contributed by atoms with van der Waals surface area (Å²) in [4.78, 5) is 27.9. The maximum absolute atomic E-state index is 12.1. The van der Waals surface area contributed by atoms with E-state index >= 15 is 0 Å². The van der Waals surface area contributed by atoms with Gasteiger partial charge in [-0.25, -0.2) is 0 Å². The van der Waals surface area contributed by atoms with Crippen molar-refractivity contribution in [3.63, 3.8) is 0 Å². The molecule has 26 heavy (non-hydrogen) atoms. The van der Waals surface area contributed by atoms with Crippen LogP contribution >= 0.6 is 0 Å². The fraction of sp³-hybridized carbons (Fsp3) is 0.0500. The first-order valence-electron chi connectivity index (χ1n) is 8.02. The molecule has 0 atom stereocenters. The van der Waals surface area contributed by atoms with Crippen LogP contribution in [0.5, 0.6) is 11.5 Å². The molecule has 6 heteroatoms. The predicted molar refractivity (Wildman–Crippen MR) is 98.2 cm³/mol. The number of aromatic nitrogens is 1. The summed E-state index contributed by atoms with van der Waals surface area (Å²) < 4.78 is 5.68. The van der Waals surface area contributed by atoms with Crippen molar-refractivity contribution in [1.82, 2.24) is 10.3 Å². The van der Waals surface area contributed by atoms with Gasteiger partial charge in [0.1, 0.15) is 11.5 Å². The number of nitrogens with one attached hydrogen (secondary N) is 2. The van der Waals surface area contributed by atoms with Crippen molar-refractivity contribution in [2.75, 3.05) is 11.9 Å². The molecule has 0 radical (unpaired) electrons. The lowest BCUT2D eigenvalue weighted by Crippen LogP contribution is -2.32. The average molecular weight is 347 g/mol. The molecule has 6 nitrogen and oxygen atoms in total. The van der Waals surface area contributed by atoms with Gasteiger partial charge in [0, 0.05) is 11.8 Å². The van der Waals surface area contributed by atoms with Gasteiger partial charge >= 0.3 is 0 Å². The van der Waals surface area contributed by atoms with Gasteiger partial charge in [-0.15, -0.1) is 0 Å². The third-order valence-corrected chi connectivity index (χ3v) is 3.45. The Bertz CT molecular complexity index is 866. The van der Waals surface area contributed by atoms with E-state index in [4.69, 9.17) is 4.74 Å². The predicted octanol–water partition coefficient (Wildman–Crippen LogP) is 3.24. The molecule has 1 aromatic heterocycles. The van der Waals surface area contributed by atoms with Crippen LogP contribution in [-0.4, -0.2) is 23.3 Å². The Morgan fingerprint density at radius 1 is 0.885 bits per heavy atom. The molecule has 2 aromatic carbocycles. The van der Waals surface area contributed by atoms with Gasteiger partial charge in [-0.2, -0.15) is 0 Å². The quantitative estimate of drug-likeness (QED) is 0.717. The summed E-state index contributed by atoms with van der Waals surface area (Å²) in [5.41, 5.74) is 1.02. The van der Waals surface area contributed by atoms with Gasteiger partial charge in [-0.05, 0) is 48.5 Å². The van der Waals surface area contributed by atoms with Crippen LogP contribution < -0.4 is 15.4 Å². The maximum atomic E-state index is 12.1. The van der Waals surface area contributed by atoms with Gasteiger partial charge in [0.15, 0.2) is 0 Å². The first kappa shape index (κ1) is 17.2. The maximum Gasteiger partial charge on any atom is 0.251 e. The number of nitrogens with zero attached hydrogens (tertiary/aromatic N) is 1. The van der Waals surface area contributed by atoms with Crippen molar-refractivity contribution in [1.29, 1.82) is 0 Å². The van der Waals surface area contributed by atoms with Crippen LogP contribution in [0.15, 0.2) is 79.1 Å². The number of para-hydroxylation sites is 1. The highest BCUT2D eigenvalue weighted by molar-refractivity contribution is 5.99. The zero-order valence-corrected chi connectivity index (χ0v) is 13.9. The second-order valence-electron chi connectivity index (χ2n) is 5.41. The summed E-state index contributed by atoms with van der Waals surface area (Å²) in [5, 5.41) is 5.22. The molecule has 2 N–H and O–H groups in total. The highest BCUT2D eigenvalue weighted by Crippen LogP contribution is 2.21. The van der Waals surface area contributed by atoms with Gasteiger partial charge in [-0.3, -0.25) is 14.6 Å². The van der Waals surface area contributed by atoms with E-state index in [1.165, 1.54) is 6.20 Å². The lowest BCUT2D eigenvalue weighted by atomic mass is 10.2. The first-order chi connectivity index (χ1) is 12.7. The Kier molecular flexibility index (Phi) is 5.57. The summed E-state index contributed by atoms with van der Waals surface area (Å²) in [5.74, 6) is 0.687. The fourth-order valence-corrected chi connectivity index (χ4v) is 2.20. The third kappa shape index (κ3) is 4.91. The summed E-state index contributed by atoms with van der Waals surface area (Å²) in [6.45, 7) is -0.129. The van der Waals surface area contributed by atoms with Crippen LogP contribution in [0.2, 0.25) is 0 Å². The molecule has 0 saturated carbocycles. The highest BCUT2D eigenvalue weighted by atomic mass is 16.5. The molecule has 0 aliphatic carbocycles. The number of pyridine rings is 1. The van der Waals surface area contributed by atoms with E-state index in [0.29, 0.717) is 17.0 Å². The molecule has 130 valence electrons. The summed E-state index contributed by atoms with van der Waals surface area (Å²) >= 11 is 0. The Labute approximate surface area is 150 Å². The van der Waals surface area contributed by atoms with E-state index in [-0.39, 0.29) is 18.4 Å². The minimum Gasteiger partial charge on any atom is -0.457 e. The number of carbonyl (C=O) groups is 2. The lowest BCUT2D eigenvalue weighted by Gasteiger charge is -2.08. The number of ether oxygens (including phenoxy) is 1. The number of hydrogen-bond acceptors (Lipinski definition) is 4. The van der Waals surface area contributed by atoms with E-state index in [2.05, 4.69) is 15.6 Å². The third-order valence-electron chi connectivity index (χ3n) is 3.45. The standard InChI is InChI=1S/C20H17N3O3/c24-19(23-16-5-4-12-21-13-16)14-22-20(25)15-8-10-18(11-9-15)26-17-6-2-1-3-7-17/h1-13H,14H2,(H,22,25)(H,23,24). The van der Waals surface area contributed by atoms with Gasteiger partial charge < -0.3 is 15.4 Å². The molecular weight excluding hydrogens is 330 g/mol. The monoisotopic (exact) mass is 347 g/mol. The summed E-state index contributed by atoms with van der Waals surface area (Å²) in [7, 11) is 0. The van der Waals surface area contributed by atoms with E-state index < -0.39 is 0 Å². The van der Waals surface area contributed by atoms with Crippen molar-refractivity contribution in [2.45, 2.75) is 0 Å². The molecule has 0 aliphatic rings. The van der Waals surface area contributed by atoms with Crippen LogP contribution in [0.1, 0.15) is 10.4 Å². The molecule has 3 rings (SSSR count). The molecule has 3 aromatic rings. The fourth-order valence-electron chi connectivity index (χ4n) is 2.20. The van der Waals surface area contributed by atoms with Crippen molar-refractivity contribution in [3.8, 4) is 11.5 Å². The van der Waals surface area contributed by atoms with Crippen LogP contribution in [0.4, 0.5) is 5.69 Å². The van der Waals surface area contributed by atoms with Crippen LogP contribution in [0.25, 0.3) is 0 Å². The van der Waals surface area contributed by atoms with Crippen molar-refractivity contribution in [3.05, 3.63) is 84.7 Å². The molecule has 0 unspecified atom stereocenters. The normalized spacial score (nSPS) is 10.0. The Balaban J connectivity index is 1.51. The largest absolute Gasteiger partial charge is 0.457 e. The molecular formula is C20H17N3O3. The topological polar surface area (TPSA) is 80.3 Å². The molecule has 0 saturated heterocycles. The van der Waals surface area contributed by atoms with Crippen LogP contribution in [0.3, 0.4) is 0 Å². The van der Waals surface area contributed by atoms with E-state index in [9.17, 15) is 9.59 Å². The number of rotatable bonds is 6. The second-order valence-corrected chi connectivity index (χ2v) is 5.41. The minimum atomic E-state index is -0.336. The zero-order chi connectivity index (χ0) is 18.2. The van der Waals surface area contributed by atoms with E-state index in [0.717, 1.165) is 5.75 Å². The van der Waals surface area contributed by atoms with Crippen molar-refractivity contribution < 1.29 is 14.3 Å². The Hall–Kier alpha value is -3.67. The smallest absolute Gasteiger partial charge is 0.251 e. The number of anilines is 1. The summed E-state index contributed by atoms with van der Waals surface area (Å²) in [6, 6.07) is 19.5. The Morgan fingerprint density at radius 2 is 1.62 bits per heavy atom. The van der Waals surface area contributed by atoms with Gasteiger partial charge in [0.2, 0.25) is 5.91 Å². The van der Waals surface area contributed by atoms with E-state index in [1.807, 2.05) is 30.3 Å². The summed E-state index contributed by atoms with van der Waals surface area (Å²) in [6.07, 6.45) is 3.15. The van der Waals surface area contributed by atoms with Crippen LogP contribution in [0, 0.1) is 0 Å². The molecule has 1 heterocycles. The molecule has 0 aliphatic heterocycles. The molecule has 2 amide bonds. The number of benzene rings is 2. The average Bonchev–Trinajstić information content (AvgIpc) is 2.68. The van der Waals surface area contributed by atoms with E-state index in [1.54, 1.807) is 42.6 Å². The van der Waals surface area contributed by atoms with Crippen LogP contribution in [-0.2, 0) is 4.79 Å². The molecule has 0 bridgehead atoms. The zero-order valence-electron chi connectivity index (χ0n) is 13.9. The molecule has 0 spiro atoms. The van der Waals surface area contributed by atoms with Crippen molar-refractivity contribution >= 4 is 17.5 Å². The lowest BCUT2D eigenvalue weighted by molar-refractivity contribution is -0.115. The van der Waals surface area contributed by atoms with Gasteiger partial charge in [0.05, 0.1) is 18.4 Å². The van der Waals surface area contributed by atoms with Crippen molar-refractivity contribution in [2.24, 2.45) is 0 Å². The molecule has 0 fully saturated rings. The highest BCUT2D eigenvalue weighted by Gasteiger charge is 2.09. The number of hydrogen-bond donors (Lipinski definition) is 2.